The maximum Gasteiger partial charge on any atom is 0.238 e. The Morgan fingerprint density at radius 1 is 1.28 bits per heavy atom. The van der Waals surface area contributed by atoms with Crippen LogP contribution in [0, 0.1) is 17.8 Å². The Hall–Kier alpha value is -0.940. The van der Waals surface area contributed by atoms with E-state index in [2.05, 4.69) is 5.32 Å². The monoisotopic (exact) mass is 276 g/mol. The number of ketones is 1. The zero-order valence-corrected chi connectivity index (χ0v) is 11.8. The summed E-state index contributed by atoms with van der Waals surface area (Å²) in [4.78, 5) is 35.0. The Morgan fingerprint density at radius 2 is 1.78 bits per heavy atom. The smallest absolute Gasteiger partial charge is 0.238 e. The summed E-state index contributed by atoms with van der Waals surface area (Å²) < 4.78 is 0. The molecule has 2 amide bonds. The first kappa shape index (κ1) is 17.1. The van der Waals surface area contributed by atoms with E-state index in [9.17, 15) is 14.4 Å². The molecule has 1 aliphatic heterocycles. The molecule has 1 rings (SSSR count). The molecule has 1 saturated heterocycles. The van der Waals surface area contributed by atoms with Crippen LogP contribution < -0.4 is 11.1 Å². The second-order valence-corrected chi connectivity index (χ2v) is 4.62. The fourth-order valence-electron chi connectivity index (χ4n) is 2.30. The van der Waals surface area contributed by atoms with E-state index in [1.165, 1.54) is 0 Å². The molecule has 0 aliphatic carbocycles. The molecule has 18 heavy (non-hydrogen) atoms. The van der Waals surface area contributed by atoms with Crippen molar-refractivity contribution < 1.29 is 14.4 Å². The highest BCUT2D eigenvalue weighted by Gasteiger charge is 2.45. The molecule has 1 unspecified atom stereocenters. The van der Waals surface area contributed by atoms with E-state index in [-0.39, 0.29) is 30.0 Å². The third kappa shape index (κ3) is 3.09. The first-order valence-electron chi connectivity index (χ1n) is 6.08. The molecule has 1 heterocycles. The summed E-state index contributed by atoms with van der Waals surface area (Å²) in [5, 5.41) is 2.17. The predicted molar refractivity (Wildman–Crippen MR) is 70.1 cm³/mol. The van der Waals surface area contributed by atoms with Gasteiger partial charge in [0.15, 0.2) is 5.78 Å². The quantitative estimate of drug-likeness (QED) is 0.570. The van der Waals surface area contributed by atoms with Gasteiger partial charge in [-0.2, -0.15) is 0 Å². The van der Waals surface area contributed by atoms with Gasteiger partial charge in [0.1, 0.15) is 5.92 Å². The molecular formula is C12H21ClN2O3. The Balaban J connectivity index is 0.00000289. The summed E-state index contributed by atoms with van der Waals surface area (Å²) in [6, 6.07) is -0.658. The van der Waals surface area contributed by atoms with Crippen molar-refractivity contribution in [2.75, 3.05) is 0 Å². The number of amides is 2. The first-order valence-corrected chi connectivity index (χ1v) is 6.08. The van der Waals surface area contributed by atoms with E-state index in [1.54, 1.807) is 6.92 Å². The molecule has 0 bridgehead atoms. The van der Waals surface area contributed by atoms with Crippen molar-refractivity contribution in [3.8, 4) is 0 Å². The van der Waals surface area contributed by atoms with Gasteiger partial charge in [-0.1, -0.05) is 33.6 Å². The minimum atomic E-state index is -0.905. The normalized spacial score (nSPS) is 24.7. The minimum Gasteiger partial charge on any atom is -0.321 e. The van der Waals surface area contributed by atoms with E-state index in [4.69, 9.17) is 5.73 Å². The average molecular weight is 277 g/mol. The average Bonchev–Trinajstić information content (AvgIpc) is 2.54. The molecule has 3 atom stereocenters. The Morgan fingerprint density at radius 3 is 2.11 bits per heavy atom. The molecule has 0 spiro atoms. The lowest BCUT2D eigenvalue weighted by Gasteiger charge is -2.22. The molecular weight excluding hydrogens is 256 g/mol. The molecule has 0 aromatic heterocycles. The van der Waals surface area contributed by atoms with Crippen LogP contribution in [0.1, 0.15) is 33.6 Å². The number of nitrogens with two attached hydrogens (primary N) is 1. The molecule has 6 heteroatoms. The van der Waals surface area contributed by atoms with Crippen molar-refractivity contribution in [1.29, 1.82) is 0 Å². The molecule has 5 nitrogen and oxygen atoms in total. The number of hydrogen-bond acceptors (Lipinski definition) is 4. The van der Waals surface area contributed by atoms with Gasteiger partial charge in [-0.15, -0.1) is 12.4 Å². The summed E-state index contributed by atoms with van der Waals surface area (Å²) in [5.74, 6) is -2.64. The predicted octanol–water partition coefficient (Wildman–Crippen LogP) is 0.649. The van der Waals surface area contributed by atoms with Crippen LogP contribution in [0.25, 0.3) is 0 Å². The Bertz CT molecular complexity index is 342. The van der Waals surface area contributed by atoms with E-state index in [0.29, 0.717) is 0 Å². The van der Waals surface area contributed by atoms with E-state index in [1.807, 2.05) is 13.8 Å². The lowest BCUT2D eigenvalue weighted by molar-refractivity contribution is -0.134. The zero-order valence-electron chi connectivity index (χ0n) is 10.9. The summed E-state index contributed by atoms with van der Waals surface area (Å²) in [6.07, 6.45) is 1.58. The molecule has 1 aliphatic rings. The highest BCUT2D eigenvalue weighted by atomic mass is 35.5. The highest BCUT2D eigenvalue weighted by molar-refractivity contribution is 6.16. The van der Waals surface area contributed by atoms with Gasteiger partial charge in [-0.25, -0.2) is 0 Å². The van der Waals surface area contributed by atoms with Gasteiger partial charge in [-0.05, 0) is 5.92 Å². The number of rotatable bonds is 5. The van der Waals surface area contributed by atoms with Gasteiger partial charge < -0.3 is 5.73 Å². The summed E-state index contributed by atoms with van der Waals surface area (Å²) in [6.45, 7) is 5.51. The maximum atomic E-state index is 12.1. The number of imide groups is 1. The SMILES string of the molecule is CCC(CC)C(N)C(=O)[C@@H]1C(=O)NC(=O)[C@H]1C.Cl. The first-order chi connectivity index (χ1) is 7.93. The number of hydrogen-bond donors (Lipinski definition) is 2. The van der Waals surface area contributed by atoms with Crippen molar-refractivity contribution in [3.63, 3.8) is 0 Å². The molecule has 0 aromatic carbocycles. The molecule has 0 radical (unpaired) electrons. The van der Waals surface area contributed by atoms with Gasteiger partial charge in [0.05, 0.1) is 12.0 Å². The summed E-state index contributed by atoms with van der Waals surface area (Å²) in [5.41, 5.74) is 5.89. The molecule has 3 N–H and O–H groups in total. The second-order valence-electron chi connectivity index (χ2n) is 4.62. The number of halogens is 1. The number of nitrogens with one attached hydrogen (secondary N) is 1. The van der Waals surface area contributed by atoms with E-state index < -0.39 is 23.8 Å². The number of Topliss-reactive ketones (excluding diaryl/α,β-unsaturated/α-hetero) is 1. The third-order valence-corrected chi connectivity index (χ3v) is 3.63. The van der Waals surface area contributed by atoms with Gasteiger partial charge >= 0.3 is 0 Å². The largest absolute Gasteiger partial charge is 0.321 e. The third-order valence-electron chi connectivity index (χ3n) is 3.63. The van der Waals surface area contributed by atoms with Crippen molar-refractivity contribution in [1.82, 2.24) is 5.32 Å². The summed E-state index contributed by atoms with van der Waals surface area (Å²) >= 11 is 0. The van der Waals surface area contributed by atoms with Crippen molar-refractivity contribution in [2.45, 2.75) is 39.7 Å². The van der Waals surface area contributed by atoms with Crippen molar-refractivity contribution >= 4 is 30.0 Å². The molecule has 0 saturated carbocycles. The lowest BCUT2D eigenvalue weighted by Crippen LogP contribution is -2.44. The van der Waals surface area contributed by atoms with Crippen LogP contribution in [0.5, 0.6) is 0 Å². The topological polar surface area (TPSA) is 89.3 Å². The van der Waals surface area contributed by atoms with Gasteiger partial charge in [0, 0.05) is 0 Å². The minimum absolute atomic E-state index is 0. The van der Waals surface area contributed by atoms with E-state index >= 15 is 0 Å². The maximum absolute atomic E-state index is 12.1. The van der Waals surface area contributed by atoms with Crippen LogP contribution >= 0.6 is 12.4 Å². The lowest BCUT2D eigenvalue weighted by atomic mass is 9.82. The van der Waals surface area contributed by atoms with Crippen LogP contribution in [-0.4, -0.2) is 23.6 Å². The van der Waals surface area contributed by atoms with Crippen molar-refractivity contribution in [3.05, 3.63) is 0 Å². The molecule has 1 fully saturated rings. The number of carbonyl (C=O) groups excluding carboxylic acids is 3. The van der Waals surface area contributed by atoms with Gasteiger partial charge in [0.2, 0.25) is 11.8 Å². The number of carbonyl (C=O) groups is 3. The Kier molecular flexibility index (Phi) is 6.49. The van der Waals surface area contributed by atoms with Crippen LogP contribution in [-0.2, 0) is 14.4 Å². The Labute approximate surface area is 113 Å². The highest BCUT2D eigenvalue weighted by Crippen LogP contribution is 2.24. The van der Waals surface area contributed by atoms with Gasteiger partial charge in [-0.3, -0.25) is 19.7 Å². The fourth-order valence-corrected chi connectivity index (χ4v) is 2.30. The van der Waals surface area contributed by atoms with Crippen LogP contribution in [0.2, 0.25) is 0 Å². The van der Waals surface area contributed by atoms with Crippen LogP contribution in [0.3, 0.4) is 0 Å². The van der Waals surface area contributed by atoms with E-state index in [0.717, 1.165) is 12.8 Å². The molecule has 0 aromatic rings. The van der Waals surface area contributed by atoms with Gasteiger partial charge in [0.25, 0.3) is 0 Å². The van der Waals surface area contributed by atoms with Crippen molar-refractivity contribution in [2.24, 2.45) is 23.5 Å². The zero-order chi connectivity index (χ0) is 13.2. The fraction of sp³-hybridized carbons (Fsp3) is 0.750. The standard InChI is InChI=1S/C12H20N2O3.ClH/c1-4-7(5-2)9(13)10(15)8-6(3)11(16)14-12(8)17;/h6-9H,4-5,13H2,1-3H3,(H,14,16,17);1H/t6-,8+,9?;/m0./s1. The summed E-state index contributed by atoms with van der Waals surface area (Å²) in [7, 11) is 0. The second kappa shape index (κ2) is 6.85. The molecule has 104 valence electrons. The van der Waals surface area contributed by atoms with Crippen LogP contribution in [0.4, 0.5) is 0 Å². The van der Waals surface area contributed by atoms with Crippen LogP contribution in [0.15, 0.2) is 0 Å².